The molecule has 8 nitrogen and oxygen atoms in total. The number of aryl methyl sites for hydroxylation is 1. The molecule has 0 aliphatic heterocycles. The van der Waals surface area contributed by atoms with Crippen LogP contribution in [0, 0.1) is 6.92 Å². The summed E-state index contributed by atoms with van der Waals surface area (Å²) in [6.07, 6.45) is 0.623. The SMILES string of the molecule is COc1ccc(NC(=O)N[C@H](C)Cc2cc(C)[nH]n2)cc1NC(C)=O. The van der Waals surface area contributed by atoms with Crippen molar-refractivity contribution in [3.8, 4) is 5.75 Å². The van der Waals surface area contributed by atoms with Crippen LogP contribution in [0.1, 0.15) is 25.2 Å². The normalized spacial score (nSPS) is 11.5. The summed E-state index contributed by atoms with van der Waals surface area (Å²) in [7, 11) is 1.51. The summed E-state index contributed by atoms with van der Waals surface area (Å²) >= 11 is 0. The van der Waals surface area contributed by atoms with Crippen LogP contribution in [0.2, 0.25) is 0 Å². The number of urea groups is 1. The zero-order valence-corrected chi connectivity index (χ0v) is 14.8. The Bertz CT molecular complexity index is 756. The van der Waals surface area contributed by atoms with E-state index in [0.717, 1.165) is 11.4 Å². The number of rotatable bonds is 6. The van der Waals surface area contributed by atoms with Crippen molar-refractivity contribution in [3.05, 3.63) is 35.7 Å². The van der Waals surface area contributed by atoms with Gasteiger partial charge in [-0.05, 0) is 38.1 Å². The molecule has 0 aliphatic rings. The number of nitrogens with one attached hydrogen (secondary N) is 4. The number of anilines is 2. The first-order valence-electron chi connectivity index (χ1n) is 7.91. The summed E-state index contributed by atoms with van der Waals surface area (Å²) in [5, 5.41) is 15.3. The van der Waals surface area contributed by atoms with E-state index in [-0.39, 0.29) is 18.0 Å². The van der Waals surface area contributed by atoms with E-state index in [1.165, 1.54) is 14.0 Å². The van der Waals surface area contributed by atoms with Gasteiger partial charge in [0, 0.05) is 30.8 Å². The fourth-order valence-electron chi connectivity index (χ4n) is 2.41. The van der Waals surface area contributed by atoms with Crippen LogP contribution in [0.4, 0.5) is 16.2 Å². The maximum absolute atomic E-state index is 12.1. The molecule has 3 amide bonds. The molecule has 0 unspecified atom stereocenters. The highest BCUT2D eigenvalue weighted by Crippen LogP contribution is 2.27. The van der Waals surface area contributed by atoms with Crippen LogP contribution < -0.4 is 20.7 Å². The molecule has 0 radical (unpaired) electrons. The summed E-state index contributed by atoms with van der Waals surface area (Å²) in [5.41, 5.74) is 2.91. The number of aromatic amines is 1. The topological polar surface area (TPSA) is 108 Å². The largest absolute Gasteiger partial charge is 0.495 e. The number of H-pyrrole nitrogens is 1. The molecule has 25 heavy (non-hydrogen) atoms. The standard InChI is InChI=1S/C17H23N5O3/c1-10(7-14-8-11(2)21-22-14)18-17(24)20-13-5-6-16(25-4)15(9-13)19-12(3)23/h5-6,8-10H,7H2,1-4H3,(H,19,23)(H,21,22)(H2,18,20,24)/t10-/m1/s1. The van der Waals surface area contributed by atoms with Crippen molar-refractivity contribution >= 4 is 23.3 Å². The molecular formula is C17H23N5O3. The maximum atomic E-state index is 12.1. The van der Waals surface area contributed by atoms with Crippen molar-refractivity contribution in [3.63, 3.8) is 0 Å². The van der Waals surface area contributed by atoms with Gasteiger partial charge in [-0.1, -0.05) is 0 Å². The Labute approximate surface area is 146 Å². The van der Waals surface area contributed by atoms with Crippen LogP contribution in [0.15, 0.2) is 24.3 Å². The van der Waals surface area contributed by atoms with E-state index in [2.05, 4.69) is 26.1 Å². The number of carbonyl (C=O) groups excluding carboxylic acids is 2. The summed E-state index contributed by atoms with van der Waals surface area (Å²) in [6.45, 7) is 5.24. The number of aromatic nitrogens is 2. The van der Waals surface area contributed by atoms with Gasteiger partial charge >= 0.3 is 6.03 Å². The zero-order valence-electron chi connectivity index (χ0n) is 14.8. The average Bonchev–Trinajstić information content (AvgIpc) is 2.91. The second kappa shape index (κ2) is 8.18. The third kappa shape index (κ3) is 5.52. The molecule has 1 aromatic carbocycles. The number of benzene rings is 1. The van der Waals surface area contributed by atoms with Gasteiger partial charge in [-0.15, -0.1) is 0 Å². The molecule has 0 saturated carbocycles. The van der Waals surface area contributed by atoms with Crippen LogP contribution in [0.5, 0.6) is 5.75 Å². The van der Waals surface area contributed by atoms with Gasteiger partial charge in [-0.2, -0.15) is 5.10 Å². The Morgan fingerprint density at radius 3 is 2.64 bits per heavy atom. The van der Waals surface area contributed by atoms with Crippen molar-refractivity contribution in [1.29, 1.82) is 0 Å². The van der Waals surface area contributed by atoms with Gasteiger partial charge in [0.2, 0.25) is 5.91 Å². The maximum Gasteiger partial charge on any atom is 0.319 e. The van der Waals surface area contributed by atoms with Gasteiger partial charge in [0.15, 0.2) is 0 Å². The van der Waals surface area contributed by atoms with Crippen LogP contribution in [-0.2, 0) is 11.2 Å². The molecule has 1 aromatic heterocycles. The lowest BCUT2D eigenvalue weighted by atomic mass is 10.2. The fourth-order valence-corrected chi connectivity index (χ4v) is 2.41. The van der Waals surface area contributed by atoms with E-state index >= 15 is 0 Å². The molecule has 134 valence electrons. The number of nitrogens with zero attached hydrogens (tertiary/aromatic N) is 1. The number of carbonyl (C=O) groups is 2. The van der Waals surface area contributed by atoms with Crippen molar-refractivity contribution < 1.29 is 14.3 Å². The van der Waals surface area contributed by atoms with E-state index in [4.69, 9.17) is 4.74 Å². The minimum absolute atomic E-state index is 0.0873. The number of amides is 3. The van der Waals surface area contributed by atoms with Gasteiger partial charge in [-0.25, -0.2) is 4.79 Å². The number of hydrogen-bond acceptors (Lipinski definition) is 4. The van der Waals surface area contributed by atoms with Crippen molar-refractivity contribution in [1.82, 2.24) is 15.5 Å². The number of ether oxygens (including phenoxy) is 1. The van der Waals surface area contributed by atoms with Gasteiger partial charge in [-0.3, -0.25) is 9.89 Å². The van der Waals surface area contributed by atoms with Crippen LogP contribution in [-0.4, -0.2) is 35.3 Å². The predicted molar refractivity (Wildman–Crippen MR) is 95.9 cm³/mol. The molecule has 0 fully saturated rings. The molecule has 0 bridgehead atoms. The molecule has 0 spiro atoms. The molecule has 1 atom stereocenters. The Morgan fingerprint density at radius 2 is 2.04 bits per heavy atom. The minimum atomic E-state index is -0.335. The second-order valence-electron chi connectivity index (χ2n) is 5.84. The third-order valence-electron chi connectivity index (χ3n) is 3.42. The lowest BCUT2D eigenvalue weighted by Crippen LogP contribution is -2.37. The molecule has 2 rings (SSSR count). The molecule has 4 N–H and O–H groups in total. The van der Waals surface area contributed by atoms with E-state index in [1.807, 2.05) is 19.9 Å². The Kier molecular flexibility index (Phi) is 5.99. The molecule has 8 heteroatoms. The van der Waals surface area contributed by atoms with Gasteiger partial charge in [0.25, 0.3) is 0 Å². The Hall–Kier alpha value is -3.03. The smallest absolute Gasteiger partial charge is 0.319 e. The van der Waals surface area contributed by atoms with Gasteiger partial charge in [0.05, 0.1) is 18.5 Å². The molecule has 0 aliphatic carbocycles. The summed E-state index contributed by atoms with van der Waals surface area (Å²) in [5.74, 6) is 0.297. The van der Waals surface area contributed by atoms with Crippen LogP contribution in [0.3, 0.4) is 0 Å². The first-order valence-corrected chi connectivity index (χ1v) is 7.91. The predicted octanol–water partition coefficient (Wildman–Crippen LogP) is 2.44. The van der Waals surface area contributed by atoms with Crippen LogP contribution >= 0.6 is 0 Å². The van der Waals surface area contributed by atoms with Gasteiger partial charge < -0.3 is 20.7 Å². The first-order chi connectivity index (χ1) is 11.9. The lowest BCUT2D eigenvalue weighted by molar-refractivity contribution is -0.114. The van der Waals surface area contributed by atoms with Gasteiger partial charge in [0.1, 0.15) is 5.75 Å². The van der Waals surface area contributed by atoms with E-state index < -0.39 is 0 Å². The van der Waals surface area contributed by atoms with Crippen molar-refractivity contribution in [2.24, 2.45) is 0 Å². The quantitative estimate of drug-likeness (QED) is 0.645. The van der Waals surface area contributed by atoms with Crippen molar-refractivity contribution in [2.45, 2.75) is 33.2 Å². The molecular weight excluding hydrogens is 322 g/mol. The molecule has 2 aromatic rings. The summed E-state index contributed by atoms with van der Waals surface area (Å²) in [6, 6.07) is 6.54. The van der Waals surface area contributed by atoms with Crippen molar-refractivity contribution in [2.75, 3.05) is 17.7 Å². The first kappa shape index (κ1) is 18.3. The number of methoxy groups -OCH3 is 1. The van der Waals surface area contributed by atoms with E-state index in [9.17, 15) is 9.59 Å². The Morgan fingerprint density at radius 1 is 1.28 bits per heavy atom. The second-order valence-corrected chi connectivity index (χ2v) is 5.84. The van der Waals surface area contributed by atoms with E-state index in [1.54, 1.807) is 18.2 Å². The average molecular weight is 345 g/mol. The highest BCUT2D eigenvalue weighted by atomic mass is 16.5. The fraction of sp³-hybridized carbons (Fsp3) is 0.353. The zero-order chi connectivity index (χ0) is 18.4. The third-order valence-corrected chi connectivity index (χ3v) is 3.42. The van der Waals surface area contributed by atoms with Crippen LogP contribution in [0.25, 0.3) is 0 Å². The minimum Gasteiger partial charge on any atom is -0.495 e. The summed E-state index contributed by atoms with van der Waals surface area (Å²) < 4.78 is 5.19. The molecule has 1 heterocycles. The van der Waals surface area contributed by atoms with E-state index in [0.29, 0.717) is 23.5 Å². The molecule has 0 saturated heterocycles. The lowest BCUT2D eigenvalue weighted by Gasteiger charge is -2.15. The highest BCUT2D eigenvalue weighted by Gasteiger charge is 2.12. The number of hydrogen-bond donors (Lipinski definition) is 4. The highest BCUT2D eigenvalue weighted by molar-refractivity contribution is 5.94. The Balaban J connectivity index is 1.96. The summed E-state index contributed by atoms with van der Waals surface area (Å²) in [4.78, 5) is 23.4. The monoisotopic (exact) mass is 345 g/mol.